The van der Waals surface area contributed by atoms with Crippen molar-refractivity contribution in [1.29, 1.82) is 0 Å². The third-order valence-corrected chi connectivity index (χ3v) is 2.01. The van der Waals surface area contributed by atoms with Gasteiger partial charge in [-0.3, -0.25) is 0 Å². The molecule has 1 nitrogen and oxygen atoms in total. The van der Waals surface area contributed by atoms with Gasteiger partial charge in [-0.25, -0.2) is 4.39 Å². The number of hydrogen-bond acceptors (Lipinski definition) is 1. The molecule has 0 fully saturated rings. The van der Waals surface area contributed by atoms with Gasteiger partial charge in [0.1, 0.15) is 12.4 Å². The van der Waals surface area contributed by atoms with Crippen LogP contribution >= 0.6 is 0 Å². The number of halogens is 1. The molecule has 0 spiro atoms. The van der Waals surface area contributed by atoms with Crippen LogP contribution < -0.4 is 0 Å². The first-order valence-electron chi connectivity index (χ1n) is 3.51. The molecule has 1 aromatic rings. The predicted molar refractivity (Wildman–Crippen MR) is 42.4 cm³/mol. The molecule has 0 radical (unpaired) electrons. The molecular weight excluding hydrogens is 143 g/mol. The molecule has 60 valence electrons. The molecule has 0 bridgehead atoms. The van der Waals surface area contributed by atoms with Crippen LogP contribution in [0.1, 0.15) is 16.7 Å². The summed E-state index contributed by atoms with van der Waals surface area (Å²) in [7, 11) is 0. The number of aromatic hydroxyl groups is 1. The highest BCUT2D eigenvalue weighted by Gasteiger charge is 2.03. The van der Waals surface area contributed by atoms with E-state index in [0.29, 0.717) is 5.56 Å². The Kier molecular flexibility index (Phi) is 2.13. The monoisotopic (exact) mass is 154 g/mol. The Bertz CT molecular complexity index is 269. The van der Waals surface area contributed by atoms with Crippen molar-refractivity contribution < 1.29 is 9.50 Å². The molecule has 0 heterocycles. The molecule has 0 amide bonds. The van der Waals surface area contributed by atoms with Crippen LogP contribution in [0, 0.1) is 13.8 Å². The zero-order valence-corrected chi connectivity index (χ0v) is 6.69. The molecule has 1 aromatic carbocycles. The normalized spacial score (nSPS) is 10.1. The van der Waals surface area contributed by atoms with E-state index in [0.717, 1.165) is 11.1 Å². The zero-order valence-electron chi connectivity index (χ0n) is 6.69. The Hall–Kier alpha value is -1.05. The van der Waals surface area contributed by atoms with Gasteiger partial charge in [-0.2, -0.15) is 0 Å². The summed E-state index contributed by atoms with van der Waals surface area (Å²) in [6.45, 7) is 3.13. The fourth-order valence-electron chi connectivity index (χ4n) is 1.01. The van der Waals surface area contributed by atoms with Gasteiger partial charge in [0.15, 0.2) is 0 Å². The number of hydrogen-bond donors (Lipinski definition) is 1. The predicted octanol–water partition coefficient (Wildman–Crippen LogP) is 2.48. The maximum absolute atomic E-state index is 12.2. The zero-order chi connectivity index (χ0) is 8.43. The van der Waals surface area contributed by atoms with Gasteiger partial charge < -0.3 is 5.11 Å². The minimum Gasteiger partial charge on any atom is -0.508 e. The van der Waals surface area contributed by atoms with Crippen molar-refractivity contribution in [2.24, 2.45) is 0 Å². The lowest BCUT2D eigenvalue weighted by atomic mass is 10.0. The Morgan fingerprint density at radius 2 is 1.91 bits per heavy atom. The molecule has 11 heavy (non-hydrogen) atoms. The van der Waals surface area contributed by atoms with Gasteiger partial charge in [0.25, 0.3) is 0 Å². The highest BCUT2D eigenvalue weighted by atomic mass is 19.1. The second-order valence-electron chi connectivity index (χ2n) is 2.63. The SMILES string of the molecule is Cc1c(O)ccc(CF)c1C. The number of benzene rings is 1. The van der Waals surface area contributed by atoms with Crippen LogP contribution in [0.4, 0.5) is 4.39 Å². The van der Waals surface area contributed by atoms with E-state index < -0.39 is 6.67 Å². The van der Waals surface area contributed by atoms with Gasteiger partial charge in [0.2, 0.25) is 0 Å². The lowest BCUT2D eigenvalue weighted by molar-refractivity contribution is 0.464. The summed E-state index contributed by atoms with van der Waals surface area (Å²) in [6.07, 6.45) is 0. The maximum Gasteiger partial charge on any atom is 0.118 e. The van der Waals surface area contributed by atoms with Crippen molar-refractivity contribution in [3.8, 4) is 5.75 Å². The minimum atomic E-state index is -0.465. The Morgan fingerprint density at radius 3 is 2.45 bits per heavy atom. The summed E-state index contributed by atoms with van der Waals surface area (Å²) < 4.78 is 12.2. The molecule has 0 aliphatic carbocycles. The first kappa shape index (κ1) is 8.05. The average Bonchev–Trinajstić information content (AvgIpc) is 2.01. The molecule has 0 atom stereocenters. The van der Waals surface area contributed by atoms with Crippen LogP contribution in [0.2, 0.25) is 0 Å². The van der Waals surface area contributed by atoms with E-state index >= 15 is 0 Å². The van der Waals surface area contributed by atoms with Crippen LogP contribution in [0.3, 0.4) is 0 Å². The van der Waals surface area contributed by atoms with Crippen molar-refractivity contribution in [3.05, 3.63) is 28.8 Å². The molecule has 1 N–H and O–H groups in total. The van der Waals surface area contributed by atoms with E-state index in [4.69, 9.17) is 0 Å². The van der Waals surface area contributed by atoms with Crippen LogP contribution in [0.5, 0.6) is 5.75 Å². The molecule has 2 heteroatoms. The smallest absolute Gasteiger partial charge is 0.118 e. The number of rotatable bonds is 1. The average molecular weight is 154 g/mol. The minimum absolute atomic E-state index is 0.236. The summed E-state index contributed by atoms with van der Waals surface area (Å²) in [5.74, 6) is 0.236. The Labute approximate surface area is 65.5 Å². The van der Waals surface area contributed by atoms with Crippen molar-refractivity contribution >= 4 is 0 Å². The standard InChI is InChI=1S/C9H11FO/c1-6-7(2)9(11)4-3-8(6)5-10/h3-4,11H,5H2,1-2H3. The molecule has 1 rings (SSSR count). The third-order valence-electron chi connectivity index (χ3n) is 2.01. The first-order chi connectivity index (χ1) is 5.16. The van der Waals surface area contributed by atoms with E-state index in [-0.39, 0.29) is 5.75 Å². The summed E-state index contributed by atoms with van der Waals surface area (Å²) in [4.78, 5) is 0. The van der Waals surface area contributed by atoms with Gasteiger partial charge in [-0.05, 0) is 36.6 Å². The van der Waals surface area contributed by atoms with Gasteiger partial charge in [0.05, 0.1) is 0 Å². The molecule has 0 aromatic heterocycles. The maximum atomic E-state index is 12.2. The number of alkyl halides is 1. The van der Waals surface area contributed by atoms with E-state index in [1.165, 1.54) is 6.07 Å². The van der Waals surface area contributed by atoms with Gasteiger partial charge >= 0.3 is 0 Å². The quantitative estimate of drug-likeness (QED) is 0.658. The lowest BCUT2D eigenvalue weighted by Crippen LogP contribution is -1.89. The molecule has 0 unspecified atom stereocenters. The molecule has 0 saturated carbocycles. The van der Waals surface area contributed by atoms with Crippen LogP contribution in [-0.4, -0.2) is 5.11 Å². The fraction of sp³-hybridized carbons (Fsp3) is 0.333. The van der Waals surface area contributed by atoms with Crippen molar-refractivity contribution in [1.82, 2.24) is 0 Å². The van der Waals surface area contributed by atoms with Crippen LogP contribution in [0.15, 0.2) is 12.1 Å². The second kappa shape index (κ2) is 2.91. The molecule has 0 aliphatic heterocycles. The van der Waals surface area contributed by atoms with Gasteiger partial charge in [-0.1, -0.05) is 6.07 Å². The Morgan fingerprint density at radius 1 is 1.27 bits per heavy atom. The number of phenols is 1. The topological polar surface area (TPSA) is 20.2 Å². The van der Waals surface area contributed by atoms with Crippen molar-refractivity contribution in [2.45, 2.75) is 20.5 Å². The van der Waals surface area contributed by atoms with Crippen molar-refractivity contribution in [3.63, 3.8) is 0 Å². The van der Waals surface area contributed by atoms with Gasteiger partial charge in [-0.15, -0.1) is 0 Å². The second-order valence-corrected chi connectivity index (χ2v) is 2.63. The van der Waals surface area contributed by atoms with E-state index in [1.54, 1.807) is 13.0 Å². The molecular formula is C9H11FO. The summed E-state index contributed by atoms with van der Waals surface area (Å²) in [6, 6.07) is 3.13. The number of phenolic OH excluding ortho intramolecular Hbond substituents is 1. The molecule has 0 aliphatic rings. The third kappa shape index (κ3) is 1.34. The summed E-state index contributed by atoms with van der Waals surface area (Å²) in [5, 5.41) is 9.20. The highest BCUT2D eigenvalue weighted by molar-refractivity contribution is 5.42. The first-order valence-corrected chi connectivity index (χ1v) is 3.51. The van der Waals surface area contributed by atoms with Gasteiger partial charge in [0, 0.05) is 0 Å². The van der Waals surface area contributed by atoms with E-state index in [2.05, 4.69) is 0 Å². The molecule has 0 saturated heterocycles. The highest BCUT2D eigenvalue weighted by Crippen LogP contribution is 2.22. The fourth-order valence-corrected chi connectivity index (χ4v) is 1.01. The van der Waals surface area contributed by atoms with Crippen molar-refractivity contribution in [2.75, 3.05) is 0 Å². The Balaban J connectivity index is 3.25. The van der Waals surface area contributed by atoms with Crippen LogP contribution in [-0.2, 0) is 6.67 Å². The summed E-state index contributed by atoms with van der Waals surface area (Å²) in [5.41, 5.74) is 2.26. The van der Waals surface area contributed by atoms with Crippen LogP contribution in [0.25, 0.3) is 0 Å². The lowest BCUT2D eigenvalue weighted by Gasteiger charge is -2.06. The van der Waals surface area contributed by atoms with E-state index in [9.17, 15) is 9.50 Å². The largest absolute Gasteiger partial charge is 0.508 e. The van der Waals surface area contributed by atoms with E-state index in [1.807, 2.05) is 6.92 Å². The summed E-state index contributed by atoms with van der Waals surface area (Å²) >= 11 is 0.